The maximum Gasteiger partial charge on any atom is 0.205 e. The molecule has 3 aromatic rings. The van der Waals surface area contributed by atoms with Crippen LogP contribution < -0.4 is 5.32 Å². The summed E-state index contributed by atoms with van der Waals surface area (Å²) in [7, 11) is 0. The third-order valence-electron chi connectivity index (χ3n) is 3.22. The molecule has 0 radical (unpaired) electrons. The molecule has 0 amide bonds. The zero-order chi connectivity index (χ0) is 15.0. The molecular weight excluding hydrogens is 288 g/mol. The molecule has 1 aromatic heterocycles. The second kappa shape index (κ2) is 5.00. The van der Waals surface area contributed by atoms with E-state index in [9.17, 15) is 5.11 Å². The van der Waals surface area contributed by atoms with Crippen molar-refractivity contribution >= 4 is 34.3 Å². The summed E-state index contributed by atoms with van der Waals surface area (Å²) in [5, 5.41) is 22.6. The Balaban J connectivity index is 2.04. The van der Waals surface area contributed by atoms with Crippen molar-refractivity contribution in [2.75, 3.05) is 5.32 Å². The standard InChI is InChI=1S/C15H11ClN4O/c1-8-10(16)3-2-4-11(8)18-15-19-12-5-9(7-17)6-13(21)14(12)20-15/h2-6,21H,1H3,(H2,18,19,20). The molecule has 0 aliphatic rings. The van der Waals surface area contributed by atoms with Crippen LogP contribution in [0.3, 0.4) is 0 Å². The normalized spacial score (nSPS) is 10.5. The van der Waals surface area contributed by atoms with Crippen LogP contribution in [0.25, 0.3) is 11.0 Å². The third kappa shape index (κ3) is 2.37. The lowest BCUT2D eigenvalue weighted by atomic mass is 10.2. The van der Waals surface area contributed by atoms with Crippen LogP contribution >= 0.6 is 11.6 Å². The van der Waals surface area contributed by atoms with E-state index in [0.29, 0.717) is 27.6 Å². The fraction of sp³-hybridized carbons (Fsp3) is 0.0667. The topological polar surface area (TPSA) is 84.7 Å². The van der Waals surface area contributed by atoms with Crippen molar-refractivity contribution in [1.29, 1.82) is 5.26 Å². The molecule has 0 saturated heterocycles. The number of H-pyrrole nitrogens is 1. The number of aromatic hydroxyl groups is 1. The number of phenols is 1. The van der Waals surface area contributed by atoms with Crippen molar-refractivity contribution in [2.24, 2.45) is 0 Å². The van der Waals surface area contributed by atoms with Gasteiger partial charge in [0.1, 0.15) is 11.3 Å². The first-order valence-corrected chi connectivity index (χ1v) is 6.61. The molecule has 0 bridgehead atoms. The van der Waals surface area contributed by atoms with E-state index < -0.39 is 0 Å². The number of imidazole rings is 1. The first kappa shape index (κ1) is 13.3. The number of halogens is 1. The maximum absolute atomic E-state index is 9.88. The monoisotopic (exact) mass is 298 g/mol. The molecule has 0 spiro atoms. The van der Waals surface area contributed by atoms with Gasteiger partial charge < -0.3 is 15.4 Å². The second-order valence-corrected chi connectivity index (χ2v) is 5.03. The molecule has 1 heterocycles. The number of benzene rings is 2. The highest BCUT2D eigenvalue weighted by molar-refractivity contribution is 6.31. The molecule has 104 valence electrons. The van der Waals surface area contributed by atoms with Gasteiger partial charge in [-0.25, -0.2) is 4.98 Å². The van der Waals surface area contributed by atoms with E-state index in [1.54, 1.807) is 6.07 Å². The number of phenolic OH excluding ortho intramolecular Hbond substituents is 1. The number of nitrogens with zero attached hydrogens (tertiary/aromatic N) is 2. The Morgan fingerprint density at radius 3 is 2.95 bits per heavy atom. The van der Waals surface area contributed by atoms with E-state index in [-0.39, 0.29) is 5.75 Å². The van der Waals surface area contributed by atoms with E-state index in [0.717, 1.165) is 11.3 Å². The number of anilines is 2. The minimum atomic E-state index is -0.0313. The average Bonchev–Trinajstić information content (AvgIpc) is 2.87. The summed E-state index contributed by atoms with van der Waals surface area (Å²) >= 11 is 6.08. The van der Waals surface area contributed by atoms with Crippen molar-refractivity contribution in [1.82, 2.24) is 9.97 Å². The average molecular weight is 299 g/mol. The largest absolute Gasteiger partial charge is 0.506 e. The van der Waals surface area contributed by atoms with Crippen LogP contribution in [0.4, 0.5) is 11.6 Å². The van der Waals surface area contributed by atoms with Gasteiger partial charge in [0.05, 0.1) is 17.1 Å². The fourth-order valence-electron chi connectivity index (χ4n) is 2.09. The first-order chi connectivity index (χ1) is 10.1. The highest BCUT2D eigenvalue weighted by Gasteiger charge is 2.10. The number of fused-ring (bicyclic) bond motifs is 1. The smallest absolute Gasteiger partial charge is 0.205 e. The van der Waals surface area contributed by atoms with Crippen LogP contribution in [0, 0.1) is 18.3 Å². The van der Waals surface area contributed by atoms with Crippen molar-refractivity contribution in [2.45, 2.75) is 6.92 Å². The van der Waals surface area contributed by atoms with Crippen LogP contribution in [0.15, 0.2) is 30.3 Å². The number of aromatic nitrogens is 2. The number of rotatable bonds is 2. The Kier molecular flexibility index (Phi) is 3.16. The van der Waals surface area contributed by atoms with Gasteiger partial charge in [0.15, 0.2) is 0 Å². The molecule has 0 aliphatic carbocycles. The quantitative estimate of drug-likeness (QED) is 0.671. The van der Waals surface area contributed by atoms with E-state index in [2.05, 4.69) is 15.3 Å². The van der Waals surface area contributed by atoms with Crippen molar-refractivity contribution in [3.05, 3.63) is 46.5 Å². The summed E-state index contributed by atoms with van der Waals surface area (Å²) in [5.41, 5.74) is 3.10. The van der Waals surface area contributed by atoms with E-state index in [4.69, 9.17) is 16.9 Å². The molecule has 0 unspecified atom stereocenters. The Morgan fingerprint density at radius 1 is 1.38 bits per heavy atom. The molecule has 0 aliphatic heterocycles. The summed E-state index contributed by atoms with van der Waals surface area (Å²) in [4.78, 5) is 7.31. The molecule has 3 N–H and O–H groups in total. The molecule has 0 saturated carbocycles. The van der Waals surface area contributed by atoms with Gasteiger partial charge in [-0.15, -0.1) is 0 Å². The summed E-state index contributed by atoms with van der Waals surface area (Å²) in [6, 6.07) is 10.5. The van der Waals surface area contributed by atoms with Gasteiger partial charge in [0.2, 0.25) is 5.95 Å². The van der Waals surface area contributed by atoms with Gasteiger partial charge in [-0.2, -0.15) is 5.26 Å². The third-order valence-corrected chi connectivity index (χ3v) is 3.63. The van der Waals surface area contributed by atoms with Crippen LogP contribution in [-0.4, -0.2) is 15.1 Å². The van der Waals surface area contributed by atoms with Gasteiger partial charge >= 0.3 is 0 Å². The molecule has 5 nitrogen and oxygen atoms in total. The number of nitriles is 1. The summed E-state index contributed by atoms with van der Waals surface area (Å²) in [6.45, 7) is 1.90. The van der Waals surface area contributed by atoms with Crippen LogP contribution in [-0.2, 0) is 0 Å². The number of hydrogen-bond donors (Lipinski definition) is 3. The van der Waals surface area contributed by atoms with E-state index in [1.807, 2.05) is 31.2 Å². The zero-order valence-electron chi connectivity index (χ0n) is 11.1. The Labute approximate surface area is 125 Å². The minimum Gasteiger partial charge on any atom is -0.506 e. The molecule has 3 rings (SSSR count). The maximum atomic E-state index is 9.88. The van der Waals surface area contributed by atoms with Crippen molar-refractivity contribution < 1.29 is 5.11 Å². The summed E-state index contributed by atoms with van der Waals surface area (Å²) in [6.07, 6.45) is 0. The van der Waals surface area contributed by atoms with Gasteiger partial charge in [0, 0.05) is 16.8 Å². The predicted octanol–water partition coefficient (Wildman–Crippen LogP) is 3.85. The van der Waals surface area contributed by atoms with Crippen molar-refractivity contribution in [3.63, 3.8) is 0 Å². The van der Waals surface area contributed by atoms with E-state index >= 15 is 0 Å². The molecule has 0 fully saturated rings. The molecular formula is C15H11ClN4O. The highest BCUT2D eigenvalue weighted by Crippen LogP contribution is 2.29. The first-order valence-electron chi connectivity index (χ1n) is 6.23. The lowest BCUT2D eigenvalue weighted by Crippen LogP contribution is -1.94. The van der Waals surface area contributed by atoms with Crippen LogP contribution in [0.5, 0.6) is 5.75 Å². The predicted molar refractivity (Wildman–Crippen MR) is 81.9 cm³/mol. The van der Waals surface area contributed by atoms with Crippen molar-refractivity contribution in [3.8, 4) is 11.8 Å². The van der Waals surface area contributed by atoms with Crippen LogP contribution in [0.1, 0.15) is 11.1 Å². The Hall–Kier alpha value is -2.71. The van der Waals surface area contributed by atoms with Gasteiger partial charge in [-0.1, -0.05) is 17.7 Å². The van der Waals surface area contributed by atoms with Gasteiger partial charge in [-0.3, -0.25) is 0 Å². The number of nitrogens with one attached hydrogen (secondary N) is 2. The zero-order valence-corrected chi connectivity index (χ0v) is 11.9. The summed E-state index contributed by atoms with van der Waals surface area (Å²) < 4.78 is 0. The fourth-order valence-corrected chi connectivity index (χ4v) is 2.27. The van der Waals surface area contributed by atoms with Gasteiger partial charge in [-0.05, 0) is 30.7 Å². The number of aromatic amines is 1. The SMILES string of the molecule is Cc1c(Cl)cccc1Nc1nc2c(O)cc(C#N)cc2[nH]1. The van der Waals surface area contributed by atoms with E-state index in [1.165, 1.54) is 6.07 Å². The number of hydrogen-bond acceptors (Lipinski definition) is 4. The molecule has 0 atom stereocenters. The van der Waals surface area contributed by atoms with Crippen LogP contribution in [0.2, 0.25) is 5.02 Å². The lowest BCUT2D eigenvalue weighted by molar-refractivity contribution is 0.480. The Morgan fingerprint density at radius 2 is 2.19 bits per heavy atom. The lowest BCUT2D eigenvalue weighted by Gasteiger charge is -2.07. The second-order valence-electron chi connectivity index (χ2n) is 4.63. The molecule has 2 aromatic carbocycles. The molecule has 21 heavy (non-hydrogen) atoms. The Bertz CT molecular complexity index is 879. The summed E-state index contributed by atoms with van der Waals surface area (Å²) in [5.74, 6) is 0.442. The molecule has 6 heteroatoms. The highest BCUT2D eigenvalue weighted by atomic mass is 35.5. The minimum absolute atomic E-state index is 0.0313. The van der Waals surface area contributed by atoms with Gasteiger partial charge in [0.25, 0.3) is 0 Å².